The van der Waals surface area contributed by atoms with E-state index in [1.54, 1.807) is 31.4 Å². The summed E-state index contributed by atoms with van der Waals surface area (Å²) < 4.78 is 10.5. The summed E-state index contributed by atoms with van der Waals surface area (Å²) >= 11 is 5.85. The van der Waals surface area contributed by atoms with E-state index in [1.165, 1.54) is 31.2 Å². The zero-order chi connectivity index (χ0) is 19.1. The average Bonchev–Trinajstić information content (AvgIpc) is 2.70. The van der Waals surface area contributed by atoms with E-state index in [0.717, 1.165) is 0 Å². The Morgan fingerprint density at radius 2 is 1.70 bits per heavy atom. The number of methoxy groups -OCH3 is 1. The third kappa shape index (κ3) is 5.69. The highest BCUT2D eigenvalue weighted by molar-refractivity contribution is 6.30. The third-order valence-electron chi connectivity index (χ3n) is 5.08. The van der Waals surface area contributed by atoms with Crippen LogP contribution < -0.4 is 4.74 Å². The van der Waals surface area contributed by atoms with Gasteiger partial charge in [0.05, 0.1) is 12.2 Å². The second kappa shape index (κ2) is 9.72. The van der Waals surface area contributed by atoms with Gasteiger partial charge in [-0.25, -0.2) is 4.79 Å². The molecule has 0 bridgehead atoms. The van der Waals surface area contributed by atoms with Gasteiger partial charge in [-0.15, -0.1) is 0 Å². The number of esters is 1. The Bertz CT molecular complexity index is 757. The summed E-state index contributed by atoms with van der Waals surface area (Å²) in [7, 11) is 1.72. The first kappa shape index (κ1) is 19.7. The second-order valence-electron chi connectivity index (χ2n) is 6.96. The highest BCUT2D eigenvalue weighted by Gasteiger charge is 2.21. The van der Waals surface area contributed by atoms with Gasteiger partial charge in [-0.05, 0) is 79.5 Å². The third-order valence-corrected chi connectivity index (χ3v) is 5.34. The minimum absolute atomic E-state index is 0.351. The molecule has 1 aliphatic carbocycles. The van der Waals surface area contributed by atoms with Gasteiger partial charge in [0.15, 0.2) is 0 Å². The number of benzene rings is 2. The standard InChI is InChI=1S/C23H25ClO3/c1-26-16-2-3-17-4-6-18(7-5-17)19-8-10-20(11-9-19)23(25)27-22-14-12-21(24)13-15-22/h2-3,8-15,17-18H,4-7,16H2,1H3/t17-,18-. The van der Waals surface area contributed by atoms with Crippen molar-refractivity contribution in [3.8, 4) is 5.75 Å². The molecular weight excluding hydrogens is 360 g/mol. The lowest BCUT2D eigenvalue weighted by molar-refractivity contribution is 0.0734. The van der Waals surface area contributed by atoms with Gasteiger partial charge in [-0.2, -0.15) is 0 Å². The van der Waals surface area contributed by atoms with Crippen molar-refractivity contribution in [3.05, 3.63) is 76.8 Å². The van der Waals surface area contributed by atoms with Gasteiger partial charge in [-0.1, -0.05) is 35.9 Å². The van der Waals surface area contributed by atoms with E-state index in [9.17, 15) is 4.79 Å². The molecule has 3 nitrogen and oxygen atoms in total. The Morgan fingerprint density at radius 1 is 1.04 bits per heavy atom. The number of carbonyl (C=O) groups is 1. The van der Waals surface area contributed by atoms with Gasteiger partial charge in [0.25, 0.3) is 0 Å². The quantitative estimate of drug-likeness (QED) is 0.346. The summed E-state index contributed by atoms with van der Waals surface area (Å²) in [6.45, 7) is 0.688. The van der Waals surface area contributed by atoms with E-state index >= 15 is 0 Å². The number of hydrogen-bond donors (Lipinski definition) is 0. The zero-order valence-corrected chi connectivity index (χ0v) is 16.3. The maximum absolute atomic E-state index is 12.3. The molecule has 0 amide bonds. The molecular formula is C23H25ClO3. The van der Waals surface area contributed by atoms with E-state index in [2.05, 4.69) is 24.3 Å². The number of hydrogen-bond acceptors (Lipinski definition) is 3. The molecule has 142 valence electrons. The van der Waals surface area contributed by atoms with Crippen LogP contribution in [0, 0.1) is 5.92 Å². The normalized spacial score (nSPS) is 19.9. The summed E-state index contributed by atoms with van der Waals surface area (Å²) in [6, 6.07) is 14.6. The smallest absolute Gasteiger partial charge is 0.343 e. The molecule has 0 aliphatic heterocycles. The van der Waals surface area contributed by atoms with Crippen molar-refractivity contribution in [1.29, 1.82) is 0 Å². The largest absolute Gasteiger partial charge is 0.423 e. The van der Waals surface area contributed by atoms with Crippen LogP contribution >= 0.6 is 11.6 Å². The Kier molecular flexibility index (Phi) is 7.08. The number of ether oxygens (including phenoxy) is 2. The predicted molar refractivity (Wildman–Crippen MR) is 109 cm³/mol. The maximum Gasteiger partial charge on any atom is 0.343 e. The first-order chi connectivity index (χ1) is 13.2. The van der Waals surface area contributed by atoms with Gasteiger partial charge < -0.3 is 9.47 Å². The first-order valence-electron chi connectivity index (χ1n) is 9.39. The van der Waals surface area contributed by atoms with E-state index in [0.29, 0.717) is 34.8 Å². The van der Waals surface area contributed by atoms with E-state index < -0.39 is 0 Å². The number of halogens is 1. The van der Waals surface area contributed by atoms with Gasteiger partial charge in [0.2, 0.25) is 0 Å². The minimum Gasteiger partial charge on any atom is -0.423 e. The lowest BCUT2D eigenvalue weighted by Gasteiger charge is -2.27. The summed E-state index contributed by atoms with van der Waals surface area (Å²) in [5, 5.41) is 0.614. The van der Waals surface area contributed by atoms with Crippen molar-refractivity contribution in [3.63, 3.8) is 0 Å². The average molecular weight is 385 g/mol. The fraction of sp³-hybridized carbons (Fsp3) is 0.348. The van der Waals surface area contributed by atoms with E-state index in [-0.39, 0.29) is 5.97 Å². The van der Waals surface area contributed by atoms with Crippen molar-refractivity contribution in [1.82, 2.24) is 0 Å². The summed E-state index contributed by atoms with van der Waals surface area (Å²) in [5.74, 6) is 1.37. The summed E-state index contributed by atoms with van der Waals surface area (Å²) in [6.07, 6.45) is 9.16. The van der Waals surface area contributed by atoms with Crippen molar-refractivity contribution in [2.24, 2.45) is 5.92 Å². The Balaban J connectivity index is 1.54. The SMILES string of the molecule is COCC=C[C@H]1CC[C@H](c2ccc(C(=O)Oc3ccc(Cl)cc3)cc2)CC1. The lowest BCUT2D eigenvalue weighted by Crippen LogP contribution is -2.12. The van der Waals surface area contributed by atoms with Crippen molar-refractivity contribution in [2.75, 3.05) is 13.7 Å². The molecule has 0 atom stereocenters. The minimum atomic E-state index is -0.351. The molecule has 0 spiro atoms. The first-order valence-corrected chi connectivity index (χ1v) is 9.77. The Labute approximate surface area is 165 Å². The van der Waals surface area contributed by atoms with Crippen molar-refractivity contribution in [2.45, 2.75) is 31.6 Å². The molecule has 1 fully saturated rings. The fourth-order valence-corrected chi connectivity index (χ4v) is 3.68. The molecule has 27 heavy (non-hydrogen) atoms. The Morgan fingerprint density at radius 3 is 2.33 bits per heavy atom. The topological polar surface area (TPSA) is 35.5 Å². The molecule has 1 saturated carbocycles. The predicted octanol–water partition coefficient (Wildman–Crippen LogP) is 6.04. The van der Waals surface area contributed by atoms with Crippen LogP contribution in [-0.4, -0.2) is 19.7 Å². The van der Waals surface area contributed by atoms with Crippen molar-refractivity contribution >= 4 is 17.6 Å². The highest BCUT2D eigenvalue weighted by Crippen LogP contribution is 2.36. The van der Waals surface area contributed by atoms with Crippen LogP contribution in [0.15, 0.2) is 60.7 Å². The van der Waals surface area contributed by atoms with E-state index in [4.69, 9.17) is 21.1 Å². The van der Waals surface area contributed by atoms with Gasteiger partial charge in [-0.3, -0.25) is 0 Å². The molecule has 0 saturated heterocycles. The van der Waals surface area contributed by atoms with Crippen molar-refractivity contribution < 1.29 is 14.3 Å². The van der Waals surface area contributed by atoms with Crippen LogP contribution in [0.5, 0.6) is 5.75 Å². The van der Waals surface area contributed by atoms with Crippen LogP contribution in [0.3, 0.4) is 0 Å². The number of carbonyl (C=O) groups excluding carboxylic acids is 1. The molecule has 0 aromatic heterocycles. The monoisotopic (exact) mass is 384 g/mol. The van der Waals surface area contributed by atoms with Crippen LogP contribution in [0.25, 0.3) is 0 Å². The second-order valence-corrected chi connectivity index (χ2v) is 7.40. The molecule has 1 aliphatic rings. The zero-order valence-electron chi connectivity index (χ0n) is 15.6. The van der Waals surface area contributed by atoms with E-state index in [1.807, 2.05) is 12.1 Å². The molecule has 0 radical (unpaired) electrons. The summed E-state index contributed by atoms with van der Waals surface area (Å²) in [4.78, 5) is 12.3. The maximum atomic E-state index is 12.3. The van der Waals surface area contributed by atoms with Crippen LogP contribution in [0.4, 0.5) is 0 Å². The van der Waals surface area contributed by atoms with Gasteiger partial charge in [0.1, 0.15) is 5.75 Å². The fourth-order valence-electron chi connectivity index (χ4n) is 3.55. The highest BCUT2D eigenvalue weighted by atomic mass is 35.5. The molecule has 2 aromatic carbocycles. The van der Waals surface area contributed by atoms with Gasteiger partial charge in [0, 0.05) is 12.1 Å². The molecule has 0 N–H and O–H groups in total. The molecule has 0 heterocycles. The number of rotatable bonds is 6. The van der Waals surface area contributed by atoms with Crippen LogP contribution in [-0.2, 0) is 4.74 Å². The van der Waals surface area contributed by atoms with Gasteiger partial charge >= 0.3 is 5.97 Å². The molecule has 0 unspecified atom stereocenters. The molecule has 3 rings (SSSR count). The molecule has 4 heteroatoms. The number of allylic oxidation sites excluding steroid dienone is 1. The lowest BCUT2D eigenvalue weighted by atomic mass is 9.78. The van der Waals surface area contributed by atoms with Crippen LogP contribution in [0.1, 0.15) is 47.5 Å². The van der Waals surface area contributed by atoms with Crippen LogP contribution in [0.2, 0.25) is 5.02 Å². The summed E-state index contributed by atoms with van der Waals surface area (Å²) in [5.41, 5.74) is 1.86. The molecule has 2 aromatic rings. The Hall–Kier alpha value is -2.10.